The molecule has 0 saturated heterocycles. The number of benzene rings is 1. The lowest BCUT2D eigenvalue weighted by Gasteiger charge is -2.10. The molecule has 2 aromatic rings. The summed E-state index contributed by atoms with van der Waals surface area (Å²) in [6.45, 7) is 3.67. The number of carbonyl (C=O) groups excluding carboxylic acids is 1. The summed E-state index contributed by atoms with van der Waals surface area (Å²) in [5, 5.41) is 2.48. The van der Waals surface area contributed by atoms with Gasteiger partial charge >= 0.3 is 6.18 Å². The minimum atomic E-state index is -4.63. The van der Waals surface area contributed by atoms with Crippen LogP contribution in [-0.2, 0) is 6.18 Å². The van der Waals surface area contributed by atoms with E-state index in [9.17, 15) is 18.0 Å². The van der Waals surface area contributed by atoms with Gasteiger partial charge in [-0.1, -0.05) is 17.7 Å². The molecule has 20 heavy (non-hydrogen) atoms. The zero-order chi connectivity index (χ0) is 14.9. The smallest absolute Gasteiger partial charge is 0.321 e. The van der Waals surface area contributed by atoms with E-state index < -0.39 is 22.7 Å². The highest BCUT2D eigenvalue weighted by molar-refractivity contribution is 7.12. The van der Waals surface area contributed by atoms with Crippen molar-refractivity contribution in [3.05, 3.63) is 45.4 Å². The maximum atomic E-state index is 12.7. The van der Waals surface area contributed by atoms with Gasteiger partial charge < -0.3 is 5.32 Å². The number of anilines is 1. The molecule has 1 heterocycles. The van der Waals surface area contributed by atoms with E-state index in [-0.39, 0.29) is 0 Å². The van der Waals surface area contributed by atoms with E-state index in [4.69, 9.17) is 0 Å². The van der Waals surface area contributed by atoms with Crippen LogP contribution in [0.5, 0.6) is 0 Å². The Hall–Kier alpha value is -1.89. The highest BCUT2D eigenvalue weighted by Gasteiger charge is 2.38. The van der Waals surface area contributed by atoms with Gasteiger partial charge in [-0.3, -0.25) is 4.79 Å². The van der Waals surface area contributed by atoms with E-state index in [1.807, 2.05) is 13.0 Å². The molecule has 1 N–H and O–H groups in total. The quantitative estimate of drug-likeness (QED) is 0.909. The highest BCUT2D eigenvalue weighted by Crippen LogP contribution is 2.33. The van der Waals surface area contributed by atoms with Crippen molar-refractivity contribution in [2.24, 2.45) is 0 Å². The van der Waals surface area contributed by atoms with E-state index >= 15 is 0 Å². The number of aromatic nitrogens is 1. The van der Waals surface area contributed by atoms with Crippen LogP contribution in [-0.4, -0.2) is 10.9 Å². The van der Waals surface area contributed by atoms with Crippen LogP contribution in [0.3, 0.4) is 0 Å². The predicted octanol–water partition coefficient (Wildman–Crippen LogP) is 4.03. The van der Waals surface area contributed by atoms with E-state index in [1.54, 1.807) is 19.1 Å². The van der Waals surface area contributed by atoms with Gasteiger partial charge in [0.2, 0.25) is 0 Å². The molecule has 0 aliphatic carbocycles. The maximum absolute atomic E-state index is 12.7. The standard InChI is InChI=1S/C13H11F3N2OS/c1-7-3-4-9(8(2)5-7)18-12(19)10-11(13(14,15)16)17-6-20-10/h3-6H,1-2H3,(H,18,19). The van der Waals surface area contributed by atoms with Crippen LogP contribution in [0, 0.1) is 13.8 Å². The number of alkyl halides is 3. The summed E-state index contributed by atoms with van der Waals surface area (Å²) in [5.41, 5.74) is 2.15. The van der Waals surface area contributed by atoms with Crippen molar-refractivity contribution < 1.29 is 18.0 Å². The number of hydrogen-bond donors (Lipinski definition) is 1. The van der Waals surface area contributed by atoms with Crippen molar-refractivity contribution in [2.45, 2.75) is 20.0 Å². The third-order valence-corrected chi connectivity index (χ3v) is 3.50. The molecule has 0 saturated carbocycles. The molecule has 0 unspecified atom stereocenters. The van der Waals surface area contributed by atoms with E-state index in [2.05, 4.69) is 10.3 Å². The van der Waals surface area contributed by atoms with Gasteiger partial charge in [0.05, 0.1) is 5.51 Å². The molecule has 0 spiro atoms. The predicted molar refractivity (Wildman–Crippen MR) is 71.0 cm³/mol. The second-order valence-corrected chi connectivity index (χ2v) is 5.16. The number of nitrogens with one attached hydrogen (secondary N) is 1. The molecular weight excluding hydrogens is 289 g/mol. The topological polar surface area (TPSA) is 42.0 Å². The Morgan fingerprint density at radius 1 is 1.30 bits per heavy atom. The van der Waals surface area contributed by atoms with Gasteiger partial charge in [-0.25, -0.2) is 4.98 Å². The van der Waals surface area contributed by atoms with Crippen LogP contribution < -0.4 is 5.32 Å². The van der Waals surface area contributed by atoms with E-state index in [0.717, 1.165) is 16.6 Å². The number of hydrogen-bond acceptors (Lipinski definition) is 3. The fourth-order valence-corrected chi connectivity index (χ4v) is 2.44. The van der Waals surface area contributed by atoms with Crippen LogP contribution in [0.4, 0.5) is 18.9 Å². The summed E-state index contributed by atoms with van der Waals surface area (Å²) in [5.74, 6) is -0.799. The Kier molecular flexibility index (Phi) is 3.80. The van der Waals surface area contributed by atoms with Gasteiger partial charge in [0.15, 0.2) is 5.69 Å². The maximum Gasteiger partial charge on any atom is 0.434 e. The van der Waals surface area contributed by atoms with E-state index in [0.29, 0.717) is 17.0 Å². The molecule has 106 valence electrons. The summed E-state index contributed by atoms with van der Waals surface area (Å²) in [7, 11) is 0. The largest absolute Gasteiger partial charge is 0.434 e. The van der Waals surface area contributed by atoms with Gasteiger partial charge in [-0.15, -0.1) is 11.3 Å². The molecule has 1 aromatic carbocycles. The molecule has 0 fully saturated rings. The molecule has 0 aliphatic rings. The minimum Gasteiger partial charge on any atom is -0.321 e. The molecule has 0 atom stereocenters. The zero-order valence-corrected chi connectivity index (χ0v) is 11.5. The summed E-state index contributed by atoms with van der Waals surface area (Å²) in [4.78, 5) is 14.7. The zero-order valence-electron chi connectivity index (χ0n) is 10.7. The number of thiazole rings is 1. The number of amides is 1. The molecule has 1 aromatic heterocycles. The first kappa shape index (κ1) is 14.5. The fraction of sp³-hybridized carbons (Fsp3) is 0.231. The first-order valence-electron chi connectivity index (χ1n) is 5.68. The third kappa shape index (κ3) is 2.98. The molecule has 1 amide bonds. The van der Waals surface area contributed by atoms with Crippen molar-refractivity contribution in [2.75, 3.05) is 5.32 Å². The first-order chi connectivity index (χ1) is 9.29. The van der Waals surface area contributed by atoms with Crippen LogP contribution in [0.2, 0.25) is 0 Å². The molecular formula is C13H11F3N2OS. The molecule has 0 bridgehead atoms. The van der Waals surface area contributed by atoms with Gasteiger partial charge in [-0.05, 0) is 25.5 Å². The van der Waals surface area contributed by atoms with Crippen LogP contribution in [0.25, 0.3) is 0 Å². The van der Waals surface area contributed by atoms with Gasteiger partial charge in [0, 0.05) is 5.69 Å². The Balaban J connectivity index is 2.27. The number of halogens is 3. The summed E-state index contributed by atoms with van der Waals surface area (Å²) < 4.78 is 38.0. The van der Waals surface area contributed by atoms with Crippen molar-refractivity contribution in [1.82, 2.24) is 4.98 Å². The Bertz CT molecular complexity index is 649. The summed E-state index contributed by atoms with van der Waals surface area (Å²) in [6, 6.07) is 5.28. The van der Waals surface area contributed by atoms with Crippen molar-refractivity contribution >= 4 is 22.9 Å². The SMILES string of the molecule is Cc1ccc(NC(=O)c2scnc2C(F)(F)F)c(C)c1. The molecule has 3 nitrogen and oxygen atoms in total. The molecule has 0 radical (unpaired) electrons. The van der Waals surface area contributed by atoms with Crippen LogP contribution in [0.15, 0.2) is 23.7 Å². The highest BCUT2D eigenvalue weighted by atomic mass is 32.1. The Morgan fingerprint density at radius 3 is 2.60 bits per heavy atom. The van der Waals surface area contributed by atoms with Crippen molar-refractivity contribution in [1.29, 1.82) is 0 Å². The van der Waals surface area contributed by atoms with Crippen molar-refractivity contribution in [3.63, 3.8) is 0 Å². The van der Waals surface area contributed by atoms with Gasteiger partial charge in [0.25, 0.3) is 5.91 Å². The van der Waals surface area contributed by atoms with Gasteiger partial charge in [0.1, 0.15) is 4.88 Å². The lowest BCUT2D eigenvalue weighted by atomic mass is 10.1. The first-order valence-corrected chi connectivity index (χ1v) is 6.56. The normalized spacial score (nSPS) is 11.4. The number of carbonyl (C=O) groups is 1. The molecule has 2 rings (SSSR count). The monoisotopic (exact) mass is 300 g/mol. The summed E-state index contributed by atoms with van der Waals surface area (Å²) >= 11 is 0.670. The number of aryl methyl sites for hydroxylation is 2. The van der Waals surface area contributed by atoms with Crippen LogP contribution in [0.1, 0.15) is 26.5 Å². The van der Waals surface area contributed by atoms with Gasteiger partial charge in [-0.2, -0.15) is 13.2 Å². The lowest BCUT2D eigenvalue weighted by Crippen LogP contribution is -2.17. The molecule has 0 aliphatic heterocycles. The van der Waals surface area contributed by atoms with E-state index in [1.165, 1.54) is 0 Å². The Morgan fingerprint density at radius 2 is 2.00 bits per heavy atom. The lowest BCUT2D eigenvalue weighted by molar-refractivity contribution is -0.141. The molecule has 7 heteroatoms. The third-order valence-electron chi connectivity index (χ3n) is 2.67. The van der Waals surface area contributed by atoms with Crippen molar-refractivity contribution in [3.8, 4) is 0 Å². The van der Waals surface area contributed by atoms with Crippen LogP contribution >= 0.6 is 11.3 Å². The fourth-order valence-electron chi connectivity index (χ4n) is 1.74. The Labute approximate surface area is 117 Å². The second kappa shape index (κ2) is 5.24. The average molecular weight is 300 g/mol. The average Bonchev–Trinajstić information content (AvgIpc) is 2.81. The minimum absolute atomic E-state index is 0.433. The number of rotatable bonds is 2. The number of nitrogens with zero attached hydrogens (tertiary/aromatic N) is 1. The summed E-state index contributed by atoms with van der Waals surface area (Å²) in [6.07, 6.45) is -4.63. The second-order valence-electron chi connectivity index (χ2n) is 4.30.